The average molecular weight is 212 g/mol. The van der Waals surface area contributed by atoms with Gasteiger partial charge in [0.1, 0.15) is 0 Å². The zero-order valence-corrected chi connectivity index (χ0v) is 10.7. The summed E-state index contributed by atoms with van der Waals surface area (Å²) in [5.74, 6) is 1.77. The third-order valence-corrected chi connectivity index (χ3v) is 3.93. The Hall–Kier alpha value is -0.0800. The van der Waals surface area contributed by atoms with Gasteiger partial charge in [0, 0.05) is 19.1 Å². The largest absolute Gasteiger partial charge is 0.329 e. The predicted octanol–water partition coefficient (Wildman–Crippen LogP) is 2.48. The lowest BCUT2D eigenvalue weighted by molar-refractivity contribution is 0.157. The lowest BCUT2D eigenvalue weighted by Gasteiger charge is -2.32. The number of likely N-dealkylation sites (N-methyl/N-ethyl adjacent to an activating group) is 1. The van der Waals surface area contributed by atoms with E-state index in [2.05, 4.69) is 25.7 Å². The zero-order chi connectivity index (χ0) is 11.3. The third kappa shape index (κ3) is 3.76. The monoisotopic (exact) mass is 212 g/mol. The van der Waals surface area contributed by atoms with Gasteiger partial charge in [-0.05, 0) is 31.2 Å². The number of rotatable bonds is 8. The Balaban J connectivity index is 2.44. The fourth-order valence-electron chi connectivity index (χ4n) is 2.50. The first kappa shape index (κ1) is 13.0. The fraction of sp³-hybridized carbons (Fsp3) is 1.00. The molecule has 0 amide bonds. The predicted molar refractivity (Wildman–Crippen MR) is 66.9 cm³/mol. The molecular formula is C13H28N2. The first-order valence-electron chi connectivity index (χ1n) is 6.70. The van der Waals surface area contributed by atoms with E-state index in [1.54, 1.807) is 0 Å². The standard InChI is InChI=1S/C13H28N2/c1-4-11(5-2)10-15(6-3)13(9-14)12-7-8-12/h11-13H,4-10,14H2,1-3H3. The second-order valence-corrected chi connectivity index (χ2v) is 4.91. The van der Waals surface area contributed by atoms with Crippen LogP contribution < -0.4 is 5.73 Å². The van der Waals surface area contributed by atoms with Crippen molar-refractivity contribution in [1.82, 2.24) is 4.90 Å². The van der Waals surface area contributed by atoms with Gasteiger partial charge < -0.3 is 5.73 Å². The van der Waals surface area contributed by atoms with Crippen LogP contribution in [0.15, 0.2) is 0 Å². The fourth-order valence-corrected chi connectivity index (χ4v) is 2.50. The Labute approximate surface area is 95.2 Å². The molecule has 0 bridgehead atoms. The summed E-state index contributed by atoms with van der Waals surface area (Å²) < 4.78 is 0. The van der Waals surface area contributed by atoms with Crippen LogP contribution in [0, 0.1) is 11.8 Å². The first-order valence-corrected chi connectivity index (χ1v) is 6.70. The van der Waals surface area contributed by atoms with Crippen LogP contribution in [0.25, 0.3) is 0 Å². The molecule has 90 valence electrons. The molecule has 0 saturated heterocycles. The summed E-state index contributed by atoms with van der Waals surface area (Å²) in [6.07, 6.45) is 5.41. The second-order valence-electron chi connectivity index (χ2n) is 4.91. The summed E-state index contributed by atoms with van der Waals surface area (Å²) in [4.78, 5) is 2.62. The number of hydrogen-bond donors (Lipinski definition) is 1. The molecular weight excluding hydrogens is 184 g/mol. The van der Waals surface area contributed by atoms with Crippen molar-refractivity contribution in [3.63, 3.8) is 0 Å². The molecule has 2 nitrogen and oxygen atoms in total. The highest BCUT2D eigenvalue weighted by molar-refractivity contribution is 4.89. The van der Waals surface area contributed by atoms with Crippen molar-refractivity contribution in [3.8, 4) is 0 Å². The maximum Gasteiger partial charge on any atom is 0.0246 e. The number of nitrogens with two attached hydrogens (primary N) is 1. The van der Waals surface area contributed by atoms with E-state index in [1.807, 2.05) is 0 Å². The molecule has 0 spiro atoms. The number of hydrogen-bond acceptors (Lipinski definition) is 2. The van der Waals surface area contributed by atoms with Gasteiger partial charge in [0.15, 0.2) is 0 Å². The topological polar surface area (TPSA) is 29.3 Å². The van der Waals surface area contributed by atoms with E-state index in [0.717, 1.165) is 24.9 Å². The van der Waals surface area contributed by atoms with Crippen molar-refractivity contribution in [2.45, 2.75) is 52.5 Å². The Bertz CT molecular complexity index is 162. The van der Waals surface area contributed by atoms with Gasteiger partial charge in [-0.3, -0.25) is 4.90 Å². The van der Waals surface area contributed by atoms with E-state index in [4.69, 9.17) is 5.73 Å². The van der Waals surface area contributed by atoms with Gasteiger partial charge in [-0.1, -0.05) is 33.6 Å². The molecule has 0 radical (unpaired) electrons. The molecule has 1 unspecified atom stereocenters. The molecule has 0 aromatic carbocycles. The van der Waals surface area contributed by atoms with Crippen molar-refractivity contribution in [1.29, 1.82) is 0 Å². The SMILES string of the molecule is CCC(CC)CN(CC)C(CN)C1CC1. The molecule has 0 aromatic rings. The highest BCUT2D eigenvalue weighted by Crippen LogP contribution is 2.35. The Morgan fingerprint density at radius 2 is 1.80 bits per heavy atom. The average Bonchev–Trinajstić information content (AvgIpc) is 3.08. The summed E-state index contributed by atoms with van der Waals surface area (Å²) in [5.41, 5.74) is 5.91. The van der Waals surface area contributed by atoms with Gasteiger partial charge in [-0.15, -0.1) is 0 Å². The van der Waals surface area contributed by atoms with E-state index >= 15 is 0 Å². The maximum atomic E-state index is 5.91. The second kappa shape index (κ2) is 6.49. The summed E-state index contributed by atoms with van der Waals surface area (Å²) in [5, 5.41) is 0. The van der Waals surface area contributed by atoms with Crippen LogP contribution in [0.3, 0.4) is 0 Å². The van der Waals surface area contributed by atoms with Gasteiger partial charge in [0.05, 0.1) is 0 Å². The van der Waals surface area contributed by atoms with Gasteiger partial charge in [0.2, 0.25) is 0 Å². The van der Waals surface area contributed by atoms with Crippen LogP contribution in [0.1, 0.15) is 46.5 Å². The smallest absolute Gasteiger partial charge is 0.0246 e. The molecule has 1 aliphatic carbocycles. The molecule has 0 heterocycles. The Morgan fingerprint density at radius 1 is 1.20 bits per heavy atom. The highest BCUT2D eigenvalue weighted by Gasteiger charge is 2.34. The zero-order valence-electron chi connectivity index (χ0n) is 10.7. The molecule has 2 N–H and O–H groups in total. The van der Waals surface area contributed by atoms with Gasteiger partial charge in [0.25, 0.3) is 0 Å². The van der Waals surface area contributed by atoms with Crippen molar-refractivity contribution in [2.24, 2.45) is 17.6 Å². The first-order chi connectivity index (χ1) is 7.26. The van der Waals surface area contributed by atoms with Crippen LogP contribution in [0.4, 0.5) is 0 Å². The van der Waals surface area contributed by atoms with Crippen molar-refractivity contribution in [3.05, 3.63) is 0 Å². The van der Waals surface area contributed by atoms with Gasteiger partial charge >= 0.3 is 0 Å². The van der Waals surface area contributed by atoms with E-state index < -0.39 is 0 Å². The van der Waals surface area contributed by atoms with Crippen molar-refractivity contribution in [2.75, 3.05) is 19.6 Å². The number of nitrogens with zero attached hydrogens (tertiary/aromatic N) is 1. The molecule has 0 aliphatic heterocycles. The van der Waals surface area contributed by atoms with Crippen LogP contribution in [-0.4, -0.2) is 30.6 Å². The minimum atomic E-state index is 0.663. The minimum absolute atomic E-state index is 0.663. The molecule has 15 heavy (non-hydrogen) atoms. The molecule has 0 aromatic heterocycles. The molecule has 1 fully saturated rings. The summed E-state index contributed by atoms with van der Waals surface area (Å²) >= 11 is 0. The van der Waals surface area contributed by atoms with Crippen LogP contribution in [0.2, 0.25) is 0 Å². The van der Waals surface area contributed by atoms with Crippen LogP contribution >= 0.6 is 0 Å². The van der Waals surface area contributed by atoms with E-state index in [0.29, 0.717) is 6.04 Å². The molecule has 1 saturated carbocycles. The van der Waals surface area contributed by atoms with Crippen LogP contribution in [-0.2, 0) is 0 Å². The molecule has 1 rings (SSSR count). The minimum Gasteiger partial charge on any atom is -0.329 e. The molecule has 1 atom stereocenters. The normalized spacial score (nSPS) is 18.8. The van der Waals surface area contributed by atoms with Crippen molar-refractivity contribution >= 4 is 0 Å². The summed E-state index contributed by atoms with van der Waals surface area (Å²) in [7, 11) is 0. The van der Waals surface area contributed by atoms with Crippen LogP contribution in [0.5, 0.6) is 0 Å². The summed E-state index contributed by atoms with van der Waals surface area (Å²) in [6, 6.07) is 0.663. The maximum absolute atomic E-state index is 5.91. The third-order valence-electron chi connectivity index (χ3n) is 3.93. The van der Waals surface area contributed by atoms with Crippen molar-refractivity contribution < 1.29 is 0 Å². The van der Waals surface area contributed by atoms with Gasteiger partial charge in [-0.25, -0.2) is 0 Å². The Kier molecular flexibility index (Phi) is 5.62. The summed E-state index contributed by atoms with van der Waals surface area (Å²) in [6.45, 7) is 10.1. The molecule has 1 aliphatic rings. The quantitative estimate of drug-likeness (QED) is 0.670. The lowest BCUT2D eigenvalue weighted by Crippen LogP contribution is -2.44. The molecule has 2 heteroatoms. The van der Waals surface area contributed by atoms with E-state index in [-0.39, 0.29) is 0 Å². The lowest BCUT2D eigenvalue weighted by atomic mass is 10.0. The van der Waals surface area contributed by atoms with Gasteiger partial charge in [-0.2, -0.15) is 0 Å². The van der Waals surface area contributed by atoms with E-state index in [9.17, 15) is 0 Å². The Morgan fingerprint density at radius 3 is 2.13 bits per heavy atom. The highest BCUT2D eigenvalue weighted by atomic mass is 15.2. The van der Waals surface area contributed by atoms with E-state index in [1.165, 1.54) is 32.2 Å².